The summed E-state index contributed by atoms with van der Waals surface area (Å²) < 4.78 is 52.6. The third-order valence-corrected chi connectivity index (χ3v) is 6.39. The van der Waals surface area contributed by atoms with Crippen LogP contribution in [0.5, 0.6) is 0 Å². The number of halogens is 3. The van der Waals surface area contributed by atoms with Gasteiger partial charge in [-0.25, -0.2) is 9.48 Å². The molecule has 0 radical (unpaired) electrons. The van der Waals surface area contributed by atoms with E-state index < -0.39 is 24.2 Å². The zero-order valence-electron chi connectivity index (χ0n) is 17.4. The Hall–Kier alpha value is -2.30. The van der Waals surface area contributed by atoms with Crippen LogP contribution >= 0.6 is 0 Å². The lowest BCUT2D eigenvalue weighted by atomic mass is 9.84. The van der Waals surface area contributed by atoms with E-state index in [0.717, 1.165) is 23.7 Å². The number of carbonyl (C=O) groups is 2. The number of piperidine rings is 1. The van der Waals surface area contributed by atoms with Crippen molar-refractivity contribution in [3.63, 3.8) is 0 Å². The molecule has 0 bridgehead atoms. The van der Waals surface area contributed by atoms with Crippen LogP contribution in [0.3, 0.4) is 0 Å². The molecule has 172 valence electrons. The molecule has 8 nitrogen and oxygen atoms in total. The quantitative estimate of drug-likeness (QED) is 0.719. The first-order valence-electron chi connectivity index (χ1n) is 10.8. The smallest absolute Gasteiger partial charge is 0.410 e. The van der Waals surface area contributed by atoms with Gasteiger partial charge in [0.05, 0.1) is 12.8 Å². The van der Waals surface area contributed by atoms with Crippen molar-refractivity contribution in [1.29, 1.82) is 0 Å². The van der Waals surface area contributed by atoms with Crippen molar-refractivity contribution >= 4 is 17.7 Å². The number of likely N-dealkylation sites (tertiary alicyclic amines) is 1. The molecule has 3 atom stereocenters. The van der Waals surface area contributed by atoms with E-state index in [2.05, 4.69) is 10.4 Å². The highest BCUT2D eigenvalue weighted by molar-refractivity contribution is 5.94. The van der Waals surface area contributed by atoms with Crippen LogP contribution in [0, 0.1) is 5.92 Å². The van der Waals surface area contributed by atoms with E-state index in [1.807, 2.05) is 0 Å². The Kier molecular flexibility index (Phi) is 6.14. The third-order valence-electron chi connectivity index (χ3n) is 6.39. The van der Waals surface area contributed by atoms with Gasteiger partial charge in [0, 0.05) is 25.7 Å². The summed E-state index contributed by atoms with van der Waals surface area (Å²) in [6.45, 7) is 3.32. The topological polar surface area (TPSA) is 85.7 Å². The van der Waals surface area contributed by atoms with Crippen molar-refractivity contribution < 1.29 is 32.2 Å². The van der Waals surface area contributed by atoms with Gasteiger partial charge in [-0.2, -0.15) is 18.3 Å². The molecule has 0 spiro atoms. The minimum Gasteiger partial charge on any atom is -0.462 e. The second-order valence-corrected chi connectivity index (χ2v) is 8.28. The minimum atomic E-state index is -4.50. The maximum atomic E-state index is 13.8. The van der Waals surface area contributed by atoms with E-state index in [9.17, 15) is 22.8 Å². The SMILES string of the molecule is CCOC(=O)c1cnn2c1N[C@H](C1CCN(C(=O)[C@H]3CCCO3)CC1)C[C@@H]2C(F)(F)F. The fourth-order valence-electron chi connectivity index (χ4n) is 4.76. The summed E-state index contributed by atoms with van der Waals surface area (Å²) in [6.07, 6.45) is -1.17. The average molecular weight is 444 g/mol. The van der Waals surface area contributed by atoms with Gasteiger partial charge in [-0.05, 0) is 44.9 Å². The number of aromatic nitrogens is 2. The fourth-order valence-corrected chi connectivity index (χ4v) is 4.76. The van der Waals surface area contributed by atoms with Gasteiger partial charge in [-0.1, -0.05) is 0 Å². The van der Waals surface area contributed by atoms with Crippen LogP contribution in [0.4, 0.5) is 19.0 Å². The first-order chi connectivity index (χ1) is 14.8. The number of hydrogen-bond donors (Lipinski definition) is 1. The molecule has 3 aliphatic rings. The van der Waals surface area contributed by atoms with Crippen molar-refractivity contribution in [1.82, 2.24) is 14.7 Å². The summed E-state index contributed by atoms with van der Waals surface area (Å²) in [4.78, 5) is 26.5. The Balaban J connectivity index is 1.48. The molecule has 3 aliphatic heterocycles. The molecule has 0 aromatic carbocycles. The summed E-state index contributed by atoms with van der Waals surface area (Å²) in [6, 6.07) is -2.30. The fraction of sp³-hybridized carbons (Fsp3) is 0.750. The molecular formula is C20H27F3N4O4. The van der Waals surface area contributed by atoms with E-state index >= 15 is 0 Å². The molecular weight excluding hydrogens is 417 g/mol. The molecule has 1 aromatic rings. The van der Waals surface area contributed by atoms with E-state index in [1.54, 1.807) is 11.8 Å². The number of anilines is 1. The Morgan fingerprint density at radius 2 is 2.03 bits per heavy atom. The molecule has 1 aromatic heterocycles. The van der Waals surface area contributed by atoms with Crippen molar-refractivity contribution in [2.75, 3.05) is 31.6 Å². The van der Waals surface area contributed by atoms with Gasteiger partial charge in [0.1, 0.15) is 17.5 Å². The van der Waals surface area contributed by atoms with Crippen LogP contribution in [0.1, 0.15) is 55.4 Å². The number of carbonyl (C=O) groups excluding carboxylic acids is 2. The van der Waals surface area contributed by atoms with Crippen molar-refractivity contribution in [3.05, 3.63) is 11.8 Å². The predicted octanol–water partition coefficient (Wildman–Crippen LogP) is 2.77. The van der Waals surface area contributed by atoms with Crippen LogP contribution in [-0.2, 0) is 14.3 Å². The largest absolute Gasteiger partial charge is 0.462 e. The number of ether oxygens (including phenoxy) is 2. The molecule has 31 heavy (non-hydrogen) atoms. The van der Waals surface area contributed by atoms with Crippen LogP contribution in [0.25, 0.3) is 0 Å². The zero-order valence-corrected chi connectivity index (χ0v) is 17.4. The number of hydrogen-bond acceptors (Lipinski definition) is 6. The van der Waals surface area contributed by atoms with Crippen molar-refractivity contribution in [3.8, 4) is 0 Å². The number of nitrogens with one attached hydrogen (secondary N) is 1. The van der Waals surface area contributed by atoms with Gasteiger partial charge in [0.25, 0.3) is 5.91 Å². The summed E-state index contributed by atoms with van der Waals surface area (Å²) in [5.74, 6) is -0.731. The lowest BCUT2D eigenvalue weighted by Gasteiger charge is -2.41. The second-order valence-electron chi connectivity index (χ2n) is 8.28. The molecule has 1 N–H and O–H groups in total. The maximum absolute atomic E-state index is 13.8. The summed E-state index contributed by atoms with van der Waals surface area (Å²) in [5.41, 5.74) is 0.00629. The van der Waals surface area contributed by atoms with Gasteiger partial charge in [-0.3, -0.25) is 4.79 Å². The number of alkyl halides is 3. The molecule has 0 unspecified atom stereocenters. The van der Waals surface area contributed by atoms with Gasteiger partial charge >= 0.3 is 12.1 Å². The standard InChI is InChI=1S/C20H27F3N4O4/c1-2-30-19(29)13-11-24-27-16(20(21,22)23)10-14(25-17(13)27)12-5-7-26(8-6-12)18(28)15-4-3-9-31-15/h11-12,14-16,25H,2-10H2,1H3/t14-,15+,16+/m0/s1. The molecule has 4 rings (SSSR count). The van der Waals surface area contributed by atoms with Crippen LogP contribution in [0.2, 0.25) is 0 Å². The van der Waals surface area contributed by atoms with E-state index in [-0.39, 0.29) is 42.3 Å². The normalized spacial score (nSPS) is 27.0. The van der Waals surface area contributed by atoms with Crippen molar-refractivity contribution in [2.24, 2.45) is 5.92 Å². The zero-order chi connectivity index (χ0) is 22.2. The van der Waals surface area contributed by atoms with E-state index in [1.165, 1.54) is 0 Å². The highest BCUT2D eigenvalue weighted by Gasteiger charge is 2.48. The minimum absolute atomic E-state index is 0.00629. The second kappa shape index (κ2) is 8.68. The van der Waals surface area contributed by atoms with Crippen LogP contribution < -0.4 is 5.32 Å². The highest BCUT2D eigenvalue weighted by atomic mass is 19.4. The summed E-state index contributed by atoms with van der Waals surface area (Å²) in [7, 11) is 0. The first-order valence-corrected chi connectivity index (χ1v) is 10.8. The number of fused-ring (bicyclic) bond motifs is 1. The van der Waals surface area contributed by atoms with E-state index in [0.29, 0.717) is 32.5 Å². The molecule has 2 saturated heterocycles. The highest BCUT2D eigenvalue weighted by Crippen LogP contribution is 2.43. The van der Waals surface area contributed by atoms with Crippen LogP contribution in [-0.4, -0.2) is 71.2 Å². The summed E-state index contributed by atoms with van der Waals surface area (Å²) >= 11 is 0. The van der Waals surface area contributed by atoms with Gasteiger partial charge in [0.2, 0.25) is 0 Å². The molecule has 0 aliphatic carbocycles. The monoisotopic (exact) mass is 444 g/mol. The molecule has 2 fully saturated rings. The van der Waals surface area contributed by atoms with E-state index in [4.69, 9.17) is 9.47 Å². The number of esters is 1. The number of nitrogens with zero attached hydrogens (tertiary/aromatic N) is 3. The Morgan fingerprint density at radius 3 is 2.65 bits per heavy atom. The lowest BCUT2D eigenvalue weighted by molar-refractivity contribution is -0.174. The maximum Gasteiger partial charge on any atom is 0.410 e. The summed E-state index contributed by atoms with van der Waals surface area (Å²) in [5, 5.41) is 6.96. The molecule has 4 heterocycles. The Morgan fingerprint density at radius 1 is 1.29 bits per heavy atom. The van der Waals surface area contributed by atoms with Crippen LogP contribution in [0.15, 0.2) is 6.20 Å². The Labute approximate surface area is 178 Å². The van der Waals surface area contributed by atoms with Gasteiger partial charge in [-0.15, -0.1) is 0 Å². The third kappa shape index (κ3) is 4.37. The Bertz CT molecular complexity index is 814. The predicted molar refractivity (Wildman–Crippen MR) is 104 cm³/mol. The number of rotatable bonds is 4. The van der Waals surface area contributed by atoms with Gasteiger partial charge < -0.3 is 19.7 Å². The average Bonchev–Trinajstić information content (AvgIpc) is 3.42. The molecule has 11 heteroatoms. The number of amides is 1. The molecule has 1 amide bonds. The van der Waals surface area contributed by atoms with Gasteiger partial charge in [0.15, 0.2) is 6.04 Å². The lowest BCUT2D eigenvalue weighted by Crippen LogP contribution is -2.49. The van der Waals surface area contributed by atoms with Crippen molar-refractivity contribution in [2.45, 2.75) is 63.4 Å². The first kappa shape index (κ1) is 21.9. The molecule has 0 saturated carbocycles.